The second-order valence-electron chi connectivity index (χ2n) is 5.31. The van der Waals surface area contributed by atoms with Crippen molar-refractivity contribution in [2.45, 2.75) is 20.0 Å². The number of ether oxygens (including phenoxy) is 2. The third kappa shape index (κ3) is 6.11. The Hall–Kier alpha value is -2.54. The predicted octanol–water partition coefficient (Wildman–Crippen LogP) is 2.75. The van der Waals surface area contributed by atoms with Crippen LogP contribution in [0, 0.1) is 6.92 Å². The second-order valence-corrected chi connectivity index (χ2v) is 6.22. The summed E-state index contributed by atoms with van der Waals surface area (Å²) in [5.41, 5.74) is 5.54. The number of benzene rings is 2. The van der Waals surface area contributed by atoms with Gasteiger partial charge in [0.2, 0.25) is 0 Å². The van der Waals surface area contributed by atoms with E-state index in [-0.39, 0.29) is 6.61 Å². The molecule has 0 fully saturated rings. The number of nitrogens with one attached hydrogen (secondary N) is 2. The largest absolute Gasteiger partial charge is 0.483 e. The molecule has 0 aliphatic rings. The highest BCUT2D eigenvalue weighted by atomic mass is 79.9. The molecule has 0 heterocycles. The number of halogens is 1. The molecular weight excluding hydrogens is 388 g/mol. The summed E-state index contributed by atoms with van der Waals surface area (Å²) in [6.07, 6.45) is -0.771. The molecule has 25 heavy (non-hydrogen) atoms. The summed E-state index contributed by atoms with van der Waals surface area (Å²) in [6.45, 7) is 3.27. The number of hydrogen-bond acceptors (Lipinski definition) is 4. The number of hydrogen-bond donors (Lipinski definition) is 2. The van der Waals surface area contributed by atoms with E-state index in [2.05, 4.69) is 26.8 Å². The van der Waals surface area contributed by atoms with Gasteiger partial charge in [-0.2, -0.15) is 0 Å². The molecule has 6 nitrogen and oxygen atoms in total. The number of amides is 2. The molecule has 0 aromatic heterocycles. The van der Waals surface area contributed by atoms with Crippen LogP contribution < -0.4 is 20.3 Å². The van der Waals surface area contributed by atoms with Crippen LogP contribution in [0.5, 0.6) is 11.5 Å². The first-order valence-electron chi connectivity index (χ1n) is 7.65. The van der Waals surface area contributed by atoms with Gasteiger partial charge in [0.15, 0.2) is 12.7 Å². The normalized spacial score (nSPS) is 11.3. The third-order valence-corrected chi connectivity index (χ3v) is 3.75. The Morgan fingerprint density at radius 2 is 1.88 bits per heavy atom. The first kappa shape index (κ1) is 18.8. The van der Waals surface area contributed by atoms with Crippen molar-refractivity contribution in [3.63, 3.8) is 0 Å². The molecule has 132 valence electrons. The van der Waals surface area contributed by atoms with E-state index < -0.39 is 17.9 Å². The first-order chi connectivity index (χ1) is 12.0. The van der Waals surface area contributed by atoms with E-state index >= 15 is 0 Å². The Bertz CT molecular complexity index is 751. The molecule has 2 rings (SSSR count). The zero-order chi connectivity index (χ0) is 18.2. The Morgan fingerprint density at radius 1 is 1.12 bits per heavy atom. The monoisotopic (exact) mass is 406 g/mol. The number of para-hydroxylation sites is 1. The van der Waals surface area contributed by atoms with Gasteiger partial charge in [0.05, 0.1) is 0 Å². The third-order valence-electron chi connectivity index (χ3n) is 3.26. The molecule has 0 radical (unpaired) electrons. The molecule has 0 bridgehead atoms. The van der Waals surface area contributed by atoms with E-state index in [0.29, 0.717) is 11.5 Å². The molecule has 2 N–H and O–H groups in total. The van der Waals surface area contributed by atoms with Crippen LogP contribution in [-0.4, -0.2) is 24.5 Å². The van der Waals surface area contributed by atoms with Crippen LogP contribution in [0.2, 0.25) is 0 Å². The van der Waals surface area contributed by atoms with Crippen molar-refractivity contribution in [2.24, 2.45) is 0 Å². The molecule has 0 saturated heterocycles. The van der Waals surface area contributed by atoms with E-state index in [9.17, 15) is 9.59 Å². The maximum absolute atomic E-state index is 12.0. The predicted molar refractivity (Wildman–Crippen MR) is 97.2 cm³/mol. The lowest BCUT2D eigenvalue weighted by Gasteiger charge is -2.15. The van der Waals surface area contributed by atoms with Gasteiger partial charge in [0.25, 0.3) is 11.8 Å². The van der Waals surface area contributed by atoms with Gasteiger partial charge in [-0.25, -0.2) is 0 Å². The highest BCUT2D eigenvalue weighted by Gasteiger charge is 2.15. The molecule has 0 spiro atoms. The molecule has 2 amide bonds. The second kappa shape index (κ2) is 9.08. The number of hydrazine groups is 1. The highest BCUT2D eigenvalue weighted by molar-refractivity contribution is 9.10. The zero-order valence-electron chi connectivity index (χ0n) is 13.9. The van der Waals surface area contributed by atoms with Crippen molar-refractivity contribution in [2.75, 3.05) is 6.61 Å². The Morgan fingerprint density at radius 3 is 2.60 bits per heavy atom. The van der Waals surface area contributed by atoms with Crippen LogP contribution in [0.15, 0.2) is 53.0 Å². The SMILES string of the molecule is Cc1ccccc1OCC(=O)NNC(=O)[C@H](C)Oc1cccc(Br)c1. The summed E-state index contributed by atoms with van der Waals surface area (Å²) in [5.74, 6) is 0.233. The molecular formula is C18H19BrN2O4. The van der Waals surface area contributed by atoms with Crippen LogP contribution in [0.3, 0.4) is 0 Å². The maximum Gasteiger partial charge on any atom is 0.279 e. The number of rotatable bonds is 6. The fraction of sp³-hybridized carbons (Fsp3) is 0.222. The lowest BCUT2D eigenvalue weighted by atomic mass is 10.2. The number of carbonyl (C=O) groups excluding carboxylic acids is 2. The molecule has 7 heteroatoms. The quantitative estimate of drug-likeness (QED) is 0.723. The molecule has 0 unspecified atom stereocenters. The summed E-state index contributed by atoms with van der Waals surface area (Å²) in [4.78, 5) is 23.7. The minimum atomic E-state index is -0.771. The average molecular weight is 407 g/mol. The van der Waals surface area contributed by atoms with Crippen LogP contribution in [0.1, 0.15) is 12.5 Å². The standard InChI is InChI=1S/C18H19BrN2O4/c1-12-6-3-4-9-16(12)24-11-17(22)20-21-18(23)13(2)25-15-8-5-7-14(19)10-15/h3-10,13H,11H2,1-2H3,(H,20,22)(H,21,23)/t13-/m0/s1. The maximum atomic E-state index is 12.0. The number of aryl methyl sites for hydroxylation is 1. The lowest BCUT2D eigenvalue weighted by Crippen LogP contribution is -2.48. The zero-order valence-corrected chi connectivity index (χ0v) is 15.5. The molecule has 2 aromatic carbocycles. The van der Waals surface area contributed by atoms with Crippen molar-refractivity contribution >= 4 is 27.7 Å². The van der Waals surface area contributed by atoms with Gasteiger partial charge in [0.1, 0.15) is 11.5 Å². The number of carbonyl (C=O) groups is 2. The van der Waals surface area contributed by atoms with E-state index in [1.165, 1.54) is 0 Å². The summed E-state index contributed by atoms with van der Waals surface area (Å²) >= 11 is 3.33. The Labute approximate surface area is 154 Å². The minimum absolute atomic E-state index is 0.202. The summed E-state index contributed by atoms with van der Waals surface area (Å²) in [5, 5.41) is 0. The van der Waals surface area contributed by atoms with E-state index in [1.54, 1.807) is 31.2 Å². The lowest BCUT2D eigenvalue weighted by molar-refractivity contribution is -0.133. The van der Waals surface area contributed by atoms with Crippen molar-refractivity contribution in [1.29, 1.82) is 0 Å². The summed E-state index contributed by atoms with van der Waals surface area (Å²) in [6, 6.07) is 14.5. The molecule has 0 saturated carbocycles. The Kier molecular flexibility index (Phi) is 6.82. The van der Waals surface area contributed by atoms with Crippen molar-refractivity contribution in [1.82, 2.24) is 10.9 Å². The topological polar surface area (TPSA) is 76.7 Å². The molecule has 0 aliphatic carbocycles. The van der Waals surface area contributed by atoms with Crippen LogP contribution in [-0.2, 0) is 9.59 Å². The van der Waals surface area contributed by atoms with Crippen molar-refractivity contribution in [3.8, 4) is 11.5 Å². The minimum Gasteiger partial charge on any atom is -0.483 e. The van der Waals surface area contributed by atoms with Gasteiger partial charge >= 0.3 is 0 Å². The smallest absolute Gasteiger partial charge is 0.279 e. The van der Waals surface area contributed by atoms with E-state index in [0.717, 1.165) is 10.0 Å². The fourth-order valence-corrected chi connectivity index (χ4v) is 2.31. The van der Waals surface area contributed by atoms with Crippen LogP contribution in [0.4, 0.5) is 0 Å². The molecule has 2 aromatic rings. The van der Waals surface area contributed by atoms with Gasteiger partial charge in [-0.15, -0.1) is 0 Å². The van der Waals surface area contributed by atoms with Gasteiger partial charge < -0.3 is 9.47 Å². The average Bonchev–Trinajstić information content (AvgIpc) is 2.59. The van der Waals surface area contributed by atoms with Gasteiger partial charge in [-0.3, -0.25) is 20.4 Å². The van der Waals surface area contributed by atoms with Crippen LogP contribution >= 0.6 is 15.9 Å². The van der Waals surface area contributed by atoms with Crippen molar-refractivity contribution < 1.29 is 19.1 Å². The molecule has 0 aliphatic heterocycles. The molecule has 1 atom stereocenters. The van der Waals surface area contributed by atoms with Crippen molar-refractivity contribution in [3.05, 3.63) is 58.6 Å². The van der Waals surface area contributed by atoms with Gasteiger partial charge in [-0.05, 0) is 43.7 Å². The fourth-order valence-electron chi connectivity index (χ4n) is 1.93. The van der Waals surface area contributed by atoms with Crippen LogP contribution in [0.25, 0.3) is 0 Å². The van der Waals surface area contributed by atoms with E-state index in [1.807, 2.05) is 31.2 Å². The summed E-state index contributed by atoms with van der Waals surface area (Å²) < 4.78 is 11.8. The Balaban J connectivity index is 1.75. The first-order valence-corrected chi connectivity index (χ1v) is 8.44. The highest BCUT2D eigenvalue weighted by Crippen LogP contribution is 2.19. The van der Waals surface area contributed by atoms with Gasteiger partial charge in [-0.1, -0.05) is 40.2 Å². The van der Waals surface area contributed by atoms with E-state index in [4.69, 9.17) is 9.47 Å². The summed E-state index contributed by atoms with van der Waals surface area (Å²) in [7, 11) is 0. The van der Waals surface area contributed by atoms with Gasteiger partial charge in [0, 0.05) is 4.47 Å².